The van der Waals surface area contributed by atoms with Gasteiger partial charge in [-0.05, 0) is 26.3 Å². The van der Waals surface area contributed by atoms with Gasteiger partial charge in [0.1, 0.15) is 28.5 Å². The van der Waals surface area contributed by atoms with Crippen LogP contribution in [-0.2, 0) is 16.1 Å². The summed E-state index contributed by atoms with van der Waals surface area (Å²) in [4.78, 5) is 35.8. The second kappa shape index (κ2) is 8.87. The number of nitro groups is 1. The summed E-state index contributed by atoms with van der Waals surface area (Å²) in [5.41, 5.74) is 2.18. The Labute approximate surface area is 176 Å². The van der Waals surface area contributed by atoms with Crippen LogP contribution in [0.15, 0.2) is 35.7 Å². The number of thiophene rings is 1. The Morgan fingerprint density at radius 1 is 1.27 bits per heavy atom. The Hall–Kier alpha value is -3.53. The van der Waals surface area contributed by atoms with Gasteiger partial charge in [0.05, 0.1) is 11.5 Å². The van der Waals surface area contributed by atoms with Crippen LogP contribution in [-0.4, -0.2) is 33.2 Å². The Kier molecular flexibility index (Phi) is 6.26. The number of carbonyl (C=O) groups excluding carboxylic acids is 2. The maximum absolute atomic E-state index is 12.6. The standard InChI is InChI=1S/C20H20N4O5S/c1-4-29-20(26)17-15(14-8-6-5-7-9-14)11-30-19(17)21-16(25)10-23-13(3)18(24(27)28)12(2)22-23/h5-9,11H,4,10H2,1-3H3,(H,21,25). The molecule has 2 aromatic heterocycles. The van der Waals surface area contributed by atoms with E-state index in [9.17, 15) is 19.7 Å². The molecule has 30 heavy (non-hydrogen) atoms. The minimum atomic E-state index is -0.533. The van der Waals surface area contributed by atoms with Gasteiger partial charge >= 0.3 is 11.7 Å². The third kappa shape index (κ3) is 4.23. The molecule has 0 saturated carbocycles. The van der Waals surface area contributed by atoms with Crippen molar-refractivity contribution in [2.75, 3.05) is 11.9 Å². The van der Waals surface area contributed by atoms with E-state index in [4.69, 9.17) is 4.74 Å². The number of amides is 1. The number of aryl methyl sites for hydroxylation is 1. The molecule has 0 atom stereocenters. The molecule has 156 valence electrons. The van der Waals surface area contributed by atoms with Crippen molar-refractivity contribution in [1.29, 1.82) is 0 Å². The van der Waals surface area contributed by atoms with Crippen molar-refractivity contribution >= 4 is 33.9 Å². The minimum Gasteiger partial charge on any atom is -0.462 e. The van der Waals surface area contributed by atoms with Crippen molar-refractivity contribution in [2.45, 2.75) is 27.3 Å². The zero-order chi connectivity index (χ0) is 21.8. The Balaban J connectivity index is 1.89. The number of hydrogen-bond acceptors (Lipinski definition) is 7. The number of nitrogens with zero attached hydrogens (tertiary/aromatic N) is 3. The minimum absolute atomic E-state index is 0.113. The molecule has 0 unspecified atom stereocenters. The highest BCUT2D eigenvalue weighted by molar-refractivity contribution is 7.15. The average Bonchev–Trinajstić information content (AvgIpc) is 3.23. The maximum Gasteiger partial charge on any atom is 0.341 e. The monoisotopic (exact) mass is 428 g/mol. The summed E-state index contributed by atoms with van der Waals surface area (Å²) in [5, 5.41) is 20.1. The normalized spacial score (nSPS) is 10.6. The van der Waals surface area contributed by atoms with Gasteiger partial charge < -0.3 is 10.1 Å². The lowest BCUT2D eigenvalue weighted by Crippen LogP contribution is -2.21. The number of rotatable bonds is 7. The lowest BCUT2D eigenvalue weighted by atomic mass is 10.0. The highest BCUT2D eigenvalue weighted by Crippen LogP contribution is 2.36. The van der Waals surface area contributed by atoms with Crippen molar-refractivity contribution in [3.63, 3.8) is 0 Å². The van der Waals surface area contributed by atoms with Gasteiger partial charge in [-0.2, -0.15) is 5.10 Å². The zero-order valence-corrected chi connectivity index (χ0v) is 17.5. The molecule has 0 aliphatic heterocycles. The summed E-state index contributed by atoms with van der Waals surface area (Å²) < 4.78 is 6.45. The third-order valence-corrected chi connectivity index (χ3v) is 5.32. The van der Waals surface area contributed by atoms with Crippen LogP contribution in [0.4, 0.5) is 10.7 Å². The number of esters is 1. The molecule has 1 aromatic carbocycles. The first-order valence-corrected chi connectivity index (χ1v) is 10.0. The molecule has 0 spiro atoms. The second-order valence-corrected chi connectivity index (χ2v) is 7.30. The molecular weight excluding hydrogens is 408 g/mol. The molecule has 1 N–H and O–H groups in total. The topological polar surface area (TPSA) is 116 Å². The second-order valence-electron chi connectivity index (χ2n) is 6.42. The van der Waals surface area contributed by atoms with Gasteiger partial charge in [-0.1, -0.05) is 30.3 Å². The predicted octanol–water partition coefficient (Wildman–Crippen LogP) is 3.95. The summed E-state index contributed by atoms with van der Waals surface area (Å²) in [5.74, 6) is -0.989. The van der Waals surface area contributed by atoms with Gasteiger partial charge in [-0.25, -0.2) is 4.79 Å². The van der Waals surface area contributed by atoms with E-state index in [1.54, 1.807) is 12.3 Å². The molecule has 0 saturated heterocycles. The molecule has 0 fully saturated rings. The fraction of sp³-hybridized carbons (Fsp3) is 0.250. The number of anilines is 1. The number of carbonyl (C=O) groups is 2. The lowest BCUT2D eigenvalue weighted by molar-refractivity contribution is -0.386. The number of aromatic nitrogens is 2. The highest BCUT2D eigenvalue weighted by Gasteiger charge is 2.25. The first-order valence-electron chi connectivity index (χ1n) is 9.15. The molecule has 3 rings (SSSR count). The highest BCUT2D eigenvalue weighted by atomic mass is 32.1. The van der Waals surface area contributed by atoms with E-state index < -0.39 is 16.8 Å². The van der Waals surface area contributed by atoms with Crippen LogP contribution in [0.2, 0.25) is 0 Å². The van der Waals surface area contributed by atoms with Crippen LogP contribution >= 0.6 is 11.3 Å². The largest absolute Gasteiger partial charge is 0.462 e. The Morgan fingerprint density at radius 3 is 2.57 bits per heavy atom. The Morgan fingerprint density at radius 2 is 1.97 bits per heavy atom. The molecule has 2 heterocycles. The van der Waals surface area contributed by atoms with E-state index in [0.717, 1.165) is 5.56 Å². The summed E-state index contributed by atoms with van der Waals surface area (Å²) >= 11 is 1.21. The van der Waals surface area contributed by atoms with Crippen LogP contribution in [0.25, 0.3) is 11.1 Å². The molecule has 9 nitrogen and oxygen atoms in total. The molecule has 0 aliphatic rings. The molecule has 0 bridgehead atoms. The van der Waals surface area contributed by atoms with Crippen molar-refractivity contribution in [2.24, 2.45) is 0 Å². The quantitative estimate of drug-likeness (QED) is 0.346. The van der Waals surface area contributed by atoms with Gasteiger partial charge in [0.25, 0.3) is 0 Å². The van der Waals surface area contributed by atoms with Gasteiger partial charge in [0.15, 0.2) is 0 Å². The number of hydrogen-bond donors (Lipinski definition) is 1. The van der Waals surface area contributed by atoms with Crippen molar-refractivity contribution < 1.29 is 19.2 Å². The fourth-order valence-electron chi connectivity index (χ4n) is 3.09. The SMILES string of the molecule is CCOC(=O)c1c(-c2ccccc2)csc1NC(=O)Cn1nc(C)c([N+](=O)[O-])c1C. The predicted molar refractivity (Wildman–Crippen MR) is 113 cm³/mol. The van der Waals surface area contributed by atoms with E-state index in [0.29, 0.717) is 10.6 Å². The molecule has 1 amide bonds. The van der Waals surface area contributed by atoms with Crippen LogP contribution in [0.5, 0.6) is 0 Å². The van der Waals surface area contributed by atoms with Gasteiger partial charge in [0, 0.05) is 10.9 Å². The van der Waals surface area contributed by atoms with E-state index >= 15 is 0 Å². The smallest absolute Gasteiger partial charge is 0.341 e. The van der Waals surface area contributed by atoms with E-state index in [1.807, 2.05) is 30.3 Å². The van der Waals surface area contributed by atoms with Crippen LogP contribution in [0.1, 0.15) is 28.7 Å². The number of ether oxygens (including phenoxy) is 1. The maximum atomic E-state index is 12.6. The summed E-state index contributed by atoms with van der Waals surface area (Å²) in [6.07, 6.45) is 0. The van der Waals surface area contributed by atoms with E-state index in [2.05, 4.69) is 10.4 Å². The first kappa shape index (κ1) is 21.2. The van der Waals surface area contributed by atoms with Crippen LogP contribution in [0, 0.1) is 24.0 Å². The summed E-state index contributed by atoms with van der Waals surface area (Å²) in [7, 11) is 0. The zero-order valence-electron chi connectivity index (χ0n) is 16.7. The van der Waals surface area contributed by atoms with Crippen LogP contribution < -0.4 is 5.32 Å². The van der Waals surface area contributed by atoms with Gasteiger partial charge in [-0.15, -0.1) is 11.3 Å². The first-order chi connectivity index (χ1) is 14.3. The summed E-state index contributed by atoms with van der Waals surface area (Å²) in [6, 6.07) is 9.32. The molecule has 0 radical (unpaired) electrons. The molecular formula is C20H20N4O5S. The van der Waals surface area contributed by atoms with Gasteiger partial charge in [-0.3, -0.25) is 19.6 Å². The lowest BCUT2D eigenvalue weighted by Gasteiger charge is -2.09. The van der Waals surface area contributed by atoms with Crippen molar-refractivity contribution in [3.05, 3.63) is 62.8 Å². The Bertz CT molecular complexity index is 1100. The van der Waals surface area contributed by atoms with Crippen molar-refractivity contribution in [1.82, 2.24) is 9.78 Å². The van der Waals surface area contributed by atoms with E-state index in [1.165, 1.54) is 29.9 Å². The fourth-order valence-corrected chi connectivity index (χ4v) is 4.07. The summed E-state index contributed by atoms with van der Waals surface area (Å²) in [6.45, 7) is 4.74. The van der Waals surface area contributed by atoms with Crippen molar-refractivity contribution in [3.8, 4) is 11.1 Å². The molecule has 3 aromatic rings. The number of nitrogens with one attached hydrogen (secondary N) is 1. The molecule has 0 aliphatic carbocycles. The van der Waals surface area contributed by atoms with E-state index in [-0.39, 0.29) is 35.8 Å². The average molecular weight is 428 g/mol. The molecule has 10 heteroatoms. The van der Waals surface area contributed by atoms with Crippen LogP contribution in [0.3, 0.4) is 0 Å². The third-order valence-electron chi connectivity index (χ3n) is 4.43. The number of benzene rings is 1. The van der Waals surface area contributed by atoms with Gasteiger partial charge in [0.2, 0.25) is 5.91 Å².